The van der Waals surface area contributed by atoms with E-state index in [1.807, 2.05) is 25.1 Å². The number of para-hydroxylation sites is 1. The van der Waals surface area contributed by atoms with Crippen LogP contribution in [0.25, 0.3) is 11.2 Å². The first-order valence-corrected chi connectivity index (χ1v) is 10.1. The number of nitrogens with one attached hydrogen (secondary N) is 2. The number of carbonyl (C=O) groups excluding carboxylic acids is 2. The smallest absolute Gasteiger partial charge is 0.324 e. The standard InChI is InChI=1S/C23H22N6O4/c1-14-7-6-8-15(11-14)25-21(31)16-9-4-5-10-17(16)26-18(30)12-29-13-24-20-19(29)22(32)28(3)23(33)27(20)2/h4-11,13H,12H2,1-3H3,(H,25,31)(H,26,30). The summed E-state index contributed by atoms with van der Waals surface area (Å²) in [6.07, 6.45) is 1.33. The average molecular weight is 446 g/mol. The van der Waals surface area contributed by atoms with E-state index >= 15 is 0 Å². The Labute approximate surface area is 188 Å². The van der Waals surface area contributed by atoms with Crippen molar-refractivity contribution in [1.29, 1.82) is 0 Å². The summed E-state index contributed by atoms with van der Waals surface area (Å²) in [6, 6.07) is 14.0. The molecule has 2 aromatic carbocycles. The van der Waals surface area contributed by atoms with Gasteiger partial charge in [-0.15, -0.1) is 0 Å². The van der Waals surface area contributed by atoms with E-state index in [1.165, 1.54) is 29.6 Å². The van der Waals surface area contributed by atoms with Crippen LogP contribution in [0.1, 0.15) is 15.9 Å². The van der Waals surface area contributed by atoms with Crippen molar-refractivity contribution in [2.45, 2.75) is 13.5 Å². The number of amides is 2. The van der Waals surface area contributed by atoms with Gasteiger partial charge in [-0.25, -0.2) is 9.78 Å². The SMILES string of the molecule is Cc1cccc(NC(=O)c2ccccc2NC(=O)Cn2cnc3c2c(=O)n(C)c(=O)n3C)c1. The Morgan fingerprint density at radius 3 is 2.48 bits per heavy atom. The number of nitrogens with zero attached hydrogens (tertiary/aromatic N) is 4. The number of carbonyl (C=O) groups is 2. The fourth-order valence-corrected chi connectivity index (χ4v) is 3.57. The Morgan fingerprint density at radius 2 is 1.73 bits per heavy atom. The van der Waals surface area contributed by atoms with Crippen LogP contribution < -0.4 is 21.9 Å². The van der Waals surface area contributed by atoms with Crippen LogP contribution >= 0.6 is 0 Å². The van der Waals surface area contributed by atoms with Crippen LogP contribution in [-0.2, 0) is 25.4 Å². The molecule has 0 saturated heterocycles. The maximum absolute atomic E-state index is 12.8. The summed E-state index contributed by atoms with van der Waals surface area (Å²) in [5, 5.41) is 5.55. The molecule has 2 N–H and O–H groups in total. The lowest BCUT2D eigenvalue weighted by molar-refractivity contribution is -0.116. The van der Waals surface area contributed by atoms with E-state index in [0.29, 0.717) is 16.9 Å². The second-order valence-electron chi connectivity index (χ2n) is 7.67. The van der Waals surface area contributed by atoms with Gasteiger partial charge in [0.05, 0.1) is 17.6 Å². The van der Waals surface area contributed by atoms with Crippen molar-refractivity contribution in [3.8, 4) is 0 Å². The second kappa shape index (κ2) is 8.58. The predicted octanol–water partition coefficient (Wildman–Crippen LogP) is 1.63. The summed E-state index contributed by atoms with van der Waals surface area (Å²) in [5.74, 6) is -0.825. The summed E-state index contributed by atoms with van der Waals surface area (Å²) in [4.78, 5) is 54.4. The lowest BCUT2D eigenvalue weighted by Gasteiger charge is -2.12. The Balaban J connectivity index is 1.58. The molecule has 4 aromatic rings. The van der Waals surface area contributed by atoms with Gasteiger partial charge < -0.3 is 15.2 Å². The molecule has 2 heterocycles. The number of fused-ring (bicyclic) bond motifs is 1. The predicted molar refractivity (Wildman–Crippen MR) is 124 cm³/mol. The number of aromatic nitrogens is 4. The highest BCUT2D eigenvalue weighted by atomic mass is 16.2. The fraction of sp³-hybridized carbons (Fsp3) is 0.174. The van der Waals surface area contributed by atoms with Gasteiger partial charge in [-0.3, -0.25) is 23.5 Å². The molecule has 0 unspecified atom stereocenters. The maximum Gasteiger partial charge on any atom is 0.332 e. The molecule has 2 aromatic heterocycles. The van der Waals surface area contributed by atoms with E-state index in [0.717, 1.165) is 10.1 Å². The van der Waals surface area contributed by atoms with Crippen molar-refractivity contribution in [2.24, 2.45) is 14.1 Å². The molecule has 0 radical (unpaired) electrons. The van der Waals surface area contributed by atoms with Crippen LogP contribution in [0, 0.1) is 6.92 Å². The summed E-state index contributed by atoms with van der Waals surface area (Å²) >= 11 is 0. The van der Waals surface area contributed by atoms with Gasteiger partial charge in [0, 0.05) is 19.8 Å². The zero-order valence-electron chi connectivity index (χ0n) is 18.3. The highest BCUT2D eigenvalue weighted by Gasteiger charge is 2.18. The lowest BCUT2D eigenvalue weighted by Crippen LogP contribution is -2.37. The van der Waals surface area contributed by atoms with Crippen molar-refractivity contribution >= 4 is 34.4 Å². The molecular weight excluding hydrogens is 424 g/mol. The Kier molecular flexibility index (Phi) is 5.65. The molecule has 10 heteroatoms. The monoisotopic (exact) mass is 446 g/mol. The van der Waals surface area contributed by atoms with E-state index in [2.05, 4.69) is 15.6 Å². The van der Waals surface area contributed by atoms with Crippen LogP contribution in [0.4, 0.5) is 11.4 Å². The molecule has 0 fully saturated rings. The van der Waals surface area contributed by atoms with Crippen LogP contribution in [0.5, 0.6) is 0 Å². The molecular formula is C23H22N6O4. The number of imidazole rings is 1. The van der Waals surface area contributed by atoms with E-state index < -0.39 is 17.2 Å². The van der Waals surface area contributed by atoms with E-state index in [4.69, 9.17) is 0 Å². The molecule has 0 bridgehead atoms. The zero-order valence-corrected chi connectivity index (χ0v) is 18.3. The van der Waals surface area contributed by atoms with Gasteiger partial charge in [0.25, 0.3) is 11.5 Å². The van der Waals surface area contributed by atoms with E-state index in [9.17, 15) is 19.2 Å². The van der Waals surface area contributed by atoms with Gasteiger partial charge >= 0.3 is 5.69 Å². The Morgan fingerprint density at radius 1 is 0.970 bits per heavy atom. The first-order valence-electron chi connectivity index (χ1n) is 10.1. The summed E-state index contributed by atoms with van der Waals surface area (Å²) in [5.41, 5.74) is 1.55. The number of benzene rings is 2. The van der Waals surface area contributed by atoms with E-state index in [1.54, 1.807) is 30.3 Å². The van der Waals surface area contributed by atoms with Crippen molar-refractivity contribution in [1.82, 2.24) is 18.7 Å². The minimum Gasteiger partial charge on any atom is -0.324 e. The summed E-state index contributed by atoms with van der Waals surface area (Å²) in [7, 11) is 2.87. The molecule has 0 atom stereocenters. The number of rotatable bonds is 5. The first kappa shape index (κ1) is 21.8. The third-order valence-electron chi connectivity index (χ3n) is 5.25. The molecule has 10 nitrogen and oxygen atoms in total. The number of hydrogen-bond donors (Lipinski definition) is 2. The fourth-order valence-electron chi connectivity index (χ4n) is 3.57. The van der Waals surface area contributed by atoms with Gasteiger partial charge in [0.1, 0.15) is 6.54 Å². The van der Waals surface area contributed by atoms with Crippen LogP contribution in [-0.4, -0.2) is 30.5 Å². The second-order valence-corrected chi connectivity index (χ2v) is 7.67. The van der Waals surface area contributed by atoms with Gasteiger partial charge in [0.2, 0.25) is 5.91 Å². The molecule has 2 amide bonds. The van der Waals surface area contributed by atoms with Crippen molar-refractivity contribution < 1.29 is 9.59 Å². The van der Waals surface area contributed by atoms with Crippen molar-refractivity contribution in [3.63, 3.8) is 0 Å². The highest BCUT2D eigenvalue weighted by molar-refractivity contribution is 6.10. The largest absolute Gasteiger partial charge is 0.332 e. The van der Waals surface area contributed by atoms with Crippen LogP contribution in [0.15, 0.2) is 64.4 Å². The normalized spacial score (nSPS) is 10.9. The first-order chi connectivity index (χ1) is 15.8. The topological polar surface area (TPSA) is 120 Å². The zero-order chi connectivity index (χ0) is 23.7. The van der Waals surface area contributed by atoms with E-state index in [-0.39, 0.29) is 23.6 Å². The minimum absolute atomic E-state index is 0.139. The average Bonchev–Trinajstić information content (AvgIpc) is 3.20. The van der Waals surface area contributed by atoms with Crippen LogP contribution in [0.2, 0.25) is 0 Å². The highest BCUT2D eigenvalue weighted by Crippen LogP contribution is 2.18. The minimum atomic E-state index is -0.545. The number of anilines is 2. The van der Waals surface area contributed by atoms with Crippen LogP contribution in [0.3, 0.4) is 0 Å². The van der Waals surface area contributed by atoms with Gasteiger partial charge in [0.15, 0.2) is 11.2 Å². The van der Waals surface area contributed by atoms with Gasteiger partial charge in [-0.2, -0.15) is 0 Å². The summed E-state index contributed by atoms with van der Waals surface area (Å²) < 4.78 is 3.58. The lowest BCUT2D eigenvalue weighted by atomic mass is 10.1. The van der Waals surface area contributed by atoms with Crippen molar-refractivity contribution in [2.75, 3.05) is 10.6 Å². The van der Waals surface area contributed by atoms with Gasteiger partial charge in [-0.1, -0.05) is 24.3 Å². The maximum atomic E-state index is 12.8. The molecule has 168 valence electrons. The molecule has 4 rings (SSSR count). The molecule has 0 aliphatic heterocycles. The van der Waals surface area contributed by atoms with Crippen molar-refractivity contribution in [3.05, 3.63) is 86.8 Å². The third-order valence-corrected chi connectivity index (χ3v) is 5.25. The Hall–Kier alpha value is -4.47. The quantitative estimate of drug-likeness (QED) is 0.483. The number of hydrogen-bond acceptors (Lipinski definition) is 5. The molecule has 0 saturated carbocycles. The number of aryl methyl sites for hydroxylation is 2. The molecule has 0 spiro atoms. The molecule has 0 aliphatic rings. The third kappa shape index (κ3) is 4.18. The summed E-state index contributed by atoms with van der Waals surface area (Å²) in [6.45, 7) is 1.70. The molecule has 0 aliphatic carbocycles. The Bertz CT molecular complexity index is 1510. The van der Waals surface area contributed by atoms with Gasteiger partial charge in [-0.05, 0) is 36.8 Å². The molecule has 33 heavy (non-hydrogen) atoms.